The number of ether oxygens (including phenoxy) is 3. The first-order chi connectivity index (χ1) is 57.8. The largest absolute Gasteiger partial charge is 0.458 e. The van der Waals surface area contributed by atoms with Crippen molar-refractivity contribution in [3.63, 3.8) is 0 Å². The van der Waals surface area contributed by atoms with E-state index in [4.69, 9.17) is 27.5 Å². The van der Waals surface area contributed by atoms with Gasteiger partial charge in [0.25, 0.3) is 20.1 Å². The van der Waals surface area contributed by atoms with Gasteiger partial charge in [-0.1, -0.05) is 255 Å². The second kappa shape index (κ2) is 24.7. The number of fused-ring (bicyclic) bond motifs is 21. The van der Waals surface area contributed by atoms with Crippen molar-refractivity contribution < 1.29 is 27.5 Å². The molecule has 0 aliphatic carbocycles. The molecule has 0 radical (unpaired) electrons. The van der Waals surface area contributed by atoms with Gasteiger partial charge in [0.1, 0.15) is 68.0 Å². The SMILES string of the molecule is Cc1cc(C)c(N2c3cc4c(cc3B3c5cc6c(cc5N(c5c(C)cc(C)cc5C)c5cc(-c7cccc8c7oc7c(C(C)(C)C)cccc78)cc2c53)Oc2cc(-c3cccc5c3oc3c(C(C)(C)C)cccc35)cc3c2B6c2ccccc2O3)B2c3ccccc3Oc3cc(-c5cccc6c5oc5c(C(C)(C)C)cccc56)cc(c32)N4)c(C)c1. The molecular weight excluding hydrogens is 1470 g/mol. The Kier molecular flexibility index (Phi) is 14.6. The number of hydrogen-bond donors (Lipinski definition) is 1. The Bertz CT molecular complexity index is 7260. The summed E-state index contributed by atoms with van der Waals surface area (Å²) >= 11 is 0. The van der Waals surface area contributed by atoms with Crippen LogP contribution in [-0.2, 0) is 16.2 Å². The van der Waals surface area contributed by atoms with E-state index in [1.807, 2.05) is 0 Å². The Morgan fingerprint density at radius 2 is 0.625 bits per heavy atom. The summed E-state index contributed by atoms with van der Waals surface area (Å²) in [4.78, 5) is 5.26. The van der Waals surface area contributed by atoms with Crippen molar-refractivity contribution in [1.82, 2.24) is 0 Å². The lowest BCUT2D eigenvalue weighted by molar-refractivity contribution is 0.465. The van der Waals surface area contributed by atoms with E-state index in [9.17, 15) is 0 Å². The topological polar surface area (TPSA) is 85.6 Å². The number of nitrogens with zero attached hydrogens (tertiary/aromatic N) is 2. The maximum Gasteiger partial charge on any atom is 0.260 e. The number of hydrogen-bond acceptors (Lipinski definition) is 9. The van der Waals surface area contributed by atoms with Gasteiger partial charge in [0.15, 0.2) is 0 Å². The number of nitrogens with one attached hydrogen (secondary N) is 1. The third-order valence-corrected chi connectivity index (χ3v) is 26.9. The summed E-state index contributed by atoms with van der Waals surface area (Å²) < 4.78 is 44.2. The minimum absolute atomic E-state index is 0.140. The Balaban J connectivity index is 0.789. The molecule has 3 aromatic heterocycles. The van der Waals surface area contributed by atoms with Gasteiger partial charge in [-0.25, -0.2) is 0 Å². The van der Waals surface area contributed by atoms with Gasteiger partial charge in [0.05, 0.1) is 11.4 Å². The van der Waals surface area contributed by atoms with Crippen molar-refractivity contribution in [2.75, 3.05) is 15.1 Å². The third kappa shape index (κ3) is 10.0. The van der Waals surface area contributed by atoms with Crippen LogP contribution in [0.4, 0.5) is 45.5 Å². The molecule has 0 saturated carbocycles. The number of furan rings is 3. The summed E-state index contributed by atoms with van der Waals surface area (Å²) in [6, 6.07) is 90.5. The summed E-state index contributed by atoms with van der Waals surface area (Å²) in [5, 5.41) is 10.8. The van der Waals surface area contributed by atoms with Crippen molar-refractivity contribution >= 4 is 181 Å². The number of anilines is 8. The van der Waals surface area contributed by atoms with Gasteiger partial charge in [-0.05, 0) is 195 Å². The maximum atomic E-state index is 7.84. The van der Waals surface area contributed by atoms with E-state index in [1.165, 1.54) is 60.8 Å². The lowest BCUT2D eigenvalue weighted by Crippen LogP contribution is -2.65. The molecule has 0 amide bonds. The van der Waals surface area contributed by atoms with E-state index in [1.54, 1.807) is 0 Å². The maximum absolute atomic E-state index is 7.84. The second-order valence-electron chi connectivity index (χ2n) is 37.8. The molecule has 6 aliphatic rings. The van der Waals surface area contributed by atoms with Gasteiger partial charge in [-0.3, -0.25) is 0 Å². The normalized spacial score (nSPS) is 14.0. The van der Waals surface area contributed by atoms with Crippen LogP contribution in [0.2, 0.25) is 0 Å². The molecule has 0 spiro atoms. The predicted molar refractivity (Wildman–Crippen MR) is 502 cm³/mol. The Hall–Kier alpha value is -13.3. The molecule has 0 bridgehead atoms. The van der Waals surface area contributed by atoms with Crippen molar-refractivity contribution in [2.24, 2.45) is 0 Å². The number of rotatable bonds is 5. The van der Waals surface area contributed by atoms with Gasteiger partial charge >= 0.3 is 0 Å². The second-order valence-corrected chi connectivity index (χ2v) is 37.8. The fourth-order valence-corrected chi connectivity index (χ4v) is 21.9. The van der Waals surface area contributed by atoms with Gasteiger partial charge in [-0.2, -0.15) is 0 Å². The molecule has 0 saturated heterocycles. The van der Waals surface area contributed by atoms with Gasteiger partial charge in [-0.15, -0.1) is 0 Å². The third-order valence-electron chi connectivity index (χ3n) is 26.9. The van der Waals surface area contributed by atoms with E-state index in [0.29, 0.717) is 0 Å². The summed E-state index contributed by atoms with van der Waals surface area (Å²) in [5.41, 5.74) is 40.0. The van der Waals surface area contributed by atoms with Crippen LogP contribution in [0.3, 0.4) is 0 Å². The minimum Gasteiger partial charge on any atom is -0.458 e. The standard InChI is InChI=1S/C108H86B3N3O6/c1-56-42-58(3)98(59(4)43-56)113-85-54-83-79(109-77-38-16-18-40-89(77)115-92-49-62(46-84(112-83)95(92)109)65-26-20-29-68-71-32-23-35-74(106(7,8)9)103(71)118-100(65)68)52-80(85)111-81-53-82-91(117-94-51-64(50-93-97(94)110(82)78-39-17-19-41-90(78)116-93)67-28-22-31-70-73-34-25-37-76(108(13,14)15)105(73)120-102(67)70)55-86(81)114(99-60(5)44-57(2)45-61(99)6)88-48-63(47-87(113)96(88)111)66-27-21-30-69-72-33-24-36-75(107(10,11)12)104(72)119-101(66)69/h16-55,112H,1-15H3. The summed E-state index contributed by atoms with van der Waals surface area (Å²) in [7, 11) is 0. The Labute approximate surface area is 699 Å². The summed E-state index contributed by atoms with van der Waals surface area (Å²) in [5.74, 6) is 4.74. The Morgan fingerprint density at radius 3 is 1.07 bits per heavy atom. The average molecular weight is 1550 g/mol. The molecule has 15 aromatic carbocycles. The monoisotopic (exact) mass is 1550 g/mol. The highest BCUT2D eigenvalue weighted by atomic mass is 16.5. The van der Waals surface area contributed by atoms with E-state index in [-0.39, 0.29) is 36.4 Å². The Morgan fingerprint density at radius 1 is 0.267 bits per heavy atom. The van der Waals surface area contributed by atoms with Gasteiger partial charge in [0.2, 0.25) is 0 Å². The fourth-order valence-electron chi connectivity index (χ4n) is 21.9. The van der Waals surface area contributed by atoms with Gasteiger partial charge in [0, 0.05) is 111 Å². The number of benzene rings is 15. The average Bonchev–Trinajstić information content (AvgIpc) is 0.902. The zero-order valence-electron chi connectivity index (χ0n) is 70.2. The molecule has 9 heterocycles. The molecule has 12 heteroatoms. The zero-order chi connectivity index (χ0) is 81.5. The first kappa shape index (κ1) is 70.9. The van der Waals surface area contributed by atoms with Crippen molar-refractivity contribution in [1.29, 1.82) is 0 Å². The first-order valence-corrected chi connectivity index (χ1v) is 42.3. The van der Waals surface area contributed by atoms with E-state index < -0.39 is 0 Å². The fraction of sp³-hybridized carbons (Fsp3) is 0.167. The molecule has 120 heavy (non-hydrogen) atoms. The lowest BCUT2D eigenvalue weighted by atomic mass is 9.29. The molecular formula is C108H86B3N3O6. The smallest absolute Gasteiger partial charge is 0.260 e. The van der Waals surface area contributed by atoms with Crippen LogP contribution in [0.25, 0.3) is 99.2 Å². The number of para-hydroxylation sites is 8. The van der Waals surface area contributed by atoms with Crippen LogP contribution in [0.15, 0.2) is 256 Å². The van der Waals surface area contributed by atoms with Crippen LogP contribution in [0.1, 0.15) is 112 Å². The highest BCUT2D eigenvalue weighted by Gasteiger charge is 2.51. The van der Waals surface area contributed by atoms with Gasteiger partial charge < -0.3 is 42.6 Å². The molecule has 578 valence electrons. The highest BCUT2D eigenvalue weighted by Crippen LogP contribution is 2.54. The quantitative estimate of drug-likeness (QED) is 0.169. The van der Waals surface area contributed by atoms with Crippen molar-refractivity contribution in [2.45, 2.75) is 120 Å². The highest BCUT2D eigenvalue weighted by molar-refractivity contribution is 7.04. The van der Waals surface area contributed by atoms with Crippen LogP contribution in [0.5, 0.6) is 34.5 Å². The predicted octanol–water partition coefficient (Wildman–Crippen LogP) is 23.6. The van der Waals surface area contributed by atoms with Crippen LogP contribution in [0, 0.1) is 41.5 Å². The minimum atomic E-state index is -0.367. The van der Waals surface area contributed by atoms with Crippen LogP contribution in [-0.4, -0.2) is 20.1 Å². The summed E-state index contributed by atoms with van der Waals surface area (Å²) in [6.45, 7) is 33.1. The van der Waals surface area contributed by atoms with Crippen molar-refractivity contribution in [3.8, 4) is 67.9 Å². The van der Waals surface area contributed by atoms with Crippen LogP contribution >= 0.6 is 0 Å². The lowest BCUT2D eigenvalue weighted by Gasteiger charge is -2.47. The molecule has 0 atom stereocenters. The van der Waals surface area contributed by atoms with Crippen LogP contribution < -0.4 is 78.5 Å². The molecule has 18 aromatic rings. The molecule has 24 rings (SSSR count). The van der Waals surface area contributed by atoms with E-state index in [0.717, 1.165) is 218 Å². The molecule has 1 N–H and O–H groups in total. The van der Waals surface area contributed by atoms with E-state index in [2.05, 4.69) is 362 Å². The zero-order valence-corrected chi connectivity index (χ0v) is 70.2. The molecule has 6 aliphatic heterocycles. The molecule has 0 unspecified atom stereocenters. The molecule has 0 fully saturated rings. The summed E-state index contributed by atoms with van der Waals surface area (Å²) in [6.07, 6.45) is 0. The number of aryl methyl sites for hydroxylation is 6. The van der Waals surface area contributed by atoms with Crippen molar-refractivity contribution in [3.05, 3.63) is 293 Å². The first-order valence-electron chi connectivity index (χ1n) is 42.3. The molecule has 9 nitrogen and oxygen atoms in total. The van der Waals surface area contributed by atoms with E-state index >= 15 is 0 Å².